The maximum atomic E-state index is 13.8. The van der Waals surface area contributed by atoms with Crippen LogP contribution in [0.25, 0.3) is 0 Å². The molecule has 0 radical (unpaired) electrons. The molecule has 0 unspecified atom stereocenters. The number of aliphatic hydroxyl groups excluding tert-OH is 1. The molecule has 0 bridgehead atoms. The lowest BCUT2D eigenvalue weighted by molar-refractivity contribution is 0.102. The van der Waals surface area contributed by atoms with Crippen molar-refractivity contribution in [2.24, 2.45) is 0 Å². The largest absolute Gasteiger partial charge is 0.496 e. The zero-order valence-corrected chi connectivity index (χ0v) is 11.6. The van der Waals surface area contributed by atoms with Crippen molar-refractivity contribution >= 4 is 11.6 Å². The Morgan fingerprint density at radius 3 is 2.57 bits per heavy atom. The molecule has 0 fully saturated rings. The molecule has 21 heavy (non-hydrogen) atoms. The van der Waals surface area contributed by atoms with Crippen LogP contribution < -0.4 is 10.1 Å². The Morgan fingerprint density at radius 1 is 1.24 bits per heavy atom. The smallest absolute Gasteiger partial charge is 0.262 e. The van der Waals surface area contributed by atoms with E-state index in [0.29, 0.717) is 12.1 Å². The average Bonchev–Trinajstić information content (AvgIpc) is 2.49. The number of anilines is 1. The van der Waals surface area contributed by atoms with Gasteiger partial charge in [-0.3, -0.25) is 4.79 Å². The van der Waals surface area contributed by atoms with Crippen LogP contribution in [0.4, 0.5) is 10.1 Å². The molecule has 0 saturated heterocycles. The van der Waals surface area contributed by atoms with Crippen molar-refractivity contribution in [1.29, 1.82) is 0 Å². The van der Waals surface area contributed by atoms with Gasteiger partial charge in [-0.2, -0.15) is 0 Å². The lowest BCUT2D eigenvalue weighted by atomic mass is 10.1. The zero-order chi connectivity index (χ0) is 15.2. The number of hydrogen-bond donors (Lipinski definition) is 2. The van der Waals surface area contributed by atoms with E-state index in [9.17, 15) is 9.18 Å². The Bertz CT molecular complexity index is 626. The lowest BCUT2D eigenvalue weighted by Crippen LogP contribution is -2.15. The Kier molecular flexibility index (Phi) is 4.90. The van der Waals surface area contributed by atoms with E-state index in [1.807, 2.05) is 0 Å². The van der Waals surface area contributed by atoms with Crippen LogP contribution in [0.15, 0.2) is 42.5 Å². The second-order valence-electron chi connectivity index (χ2n) is 4.44. The number of nitrogens with one attached hydrogen (secondary N) is 1. The van der Waals surface area contributed by atoms with E-state index in [2.05, 4.69) is 5.32 Å². The van der Waals surface area contributed by atoms with E-state index in [4.69, 9.17) is 9.84 Å². The molecule has 2 rings (SSSR count). The van der Waals surface area contributed by atoms with Crippen molar-refractivity contribution in [3.63, 3.8) is 0 Å². The minimum atomic E-state index is -0.635. The number of aliphatic hydroxyl groups is 1. The third kappa shape index (κ3) is 3.58. The van der Waals surface area contributed by atoms with Gasteiger partial charge < -0.3 is 15.2 Å². The number of amides is 1. The van der Waals surface area contributed by atoms with Crippen molar-refractivity contribution in [3.05, 3.63) is 59.4 Å². The summed E-state index contributed by atoms with van der Waals surface area (Å²) in [6, 6.07) is 11.2. The number of benzene rings is 2. The summed E-state index contributed by atoms with van der Waals surface area (Å²) in [5.41, 5.74) is 1.38. The fourth-order valence-electron chi connectivity index (χ4n) is 1.97. The van der Waals surface area contributed by atoms with E-state index in [1.165, 1.54) is 25.3 Å². The molecule has 0 aromatic heterocycles. The summed E-state index contributed by atoms with van der Waals surface area (Å²) in [6.45, 7) is 0.0676. The predicted octanol–water partition coefficient (Wildman–Crippen LogP) is 2.62. The Balaban J connectivity index is 2.18. The molecule has 110 valence electrons. The van der Waals surface area contributed by atoms with Gasteiger partial charge in [-0.05, 0) is 36.2 Å². The molecule has 2 aromatic carbocycles. The van der Waals surface area contributed by atoms with E-state index < -0.39 is 11.7 Å². The van der Waals surface area contributed by atoms with Gasteiger partial charge in [0.25, 0.3) is 5.91 Å². The van der Waals surface area contributed by atoms with Gasteiger partial charge in [0.2, 0.25) is 0 Å². The molecule has 0 heterocycles. The first-order chi connectivity index (χ1) is 10.2. The van der Waals surface area contributed by atoms with Crippen LogP contribution in [-0.4, -0.2) is 24.7 Å². The number of rotatable bonds is 5. The number of hydrogen-bond acceptors (Lipinski definition) is 3. The minimum Gasteiger partial charge on any atom is -0.496 e. The van der Waals surface area contributed by atoms with Gasteiger partial charge in [-0.15, -0.1) is 0 Å². The third-order valence-corrected chi connectivity index (χ3v) is 3.03. The lowest BCUT2D eigenvalue weighted by Gasteiger charge is -2.10. The maximum absolute atomic E-state index is 13.8. The number of methoxy groups -OCH3 is 1. The molecule has 0 saturated carbocycles. The van der Waals surface area contributed by atoms with Gasteiger partial charge in [0.05, 0.1) is 7.11 Å². The molecule has 2 aromatic rings. The summed E-state index contributed by atoms with van der Waals surface area (Å²) >= 11 is 0. The molecule has 0 aliphatic heterocycles. The van der Waals surface area contributed by atoms with Gasteiger partial charge in [0.15, 0.2) is 0 Å². The molecule has 0 aliphatic carbocycles. The first kappa shape index (κ1) is 15.0. The molecule has 5 heteroatoms. The fourth-order valence-corrected chi connectivity index (χ4v) is 1.97. The molecule has 4 nitrogen and oxygen atoms in total. The standard InChI is InChI=1S/C16H16FNO3/c1-21-14-4-2-3-13(17)15(14)16(20)18-12-7-5-11(6-8-12)9-10-19/h2-8,19H,9-10H2,1H3,(H,18,20). The van der Waals surface area contributed by atoms with Crippen molar-refractivity contribution < 1.29 is 19.0 Å². The highest BCUT2D eigenvalue weighted by molar-refractivity contribution is 6.06. The van der Waals surface area contributed by atoms with E-state index >= 15 is 0 Å². The predicted molar refractivity (Wildman–Crippen MR) is 78.1 cm³/mol. The number of ether oxygens (including phenoxy) is 1. The van der Waals surface area contributed by atoms with Crippen LogP contribution in [0.1, 0.15) is 15.9 Å². The SMILES string of the molecule is COc1cccc(F)c1C(=O)Nc1ccc(CCO)cc1. The van der Waals surface area contributed by atoms with Crippen LogP contribution in [-0.2, 0) is 6.42 Å². The van der Waals surface area contributed by atoms with Gasteiger partial charge in [0, 0.05) is 12.3 Å². The maximum Gasteiger partial charge on any atom is 0.262 e. The Labute approximate surface area is 122 Å². The first-order valence-electron chi connectivity index (χ1n) is 6.49. The summed E-state index contributed by atoms with van der Waals surface area (Å²) in [6.07, 6.45) is 0.551. The van der Waals surface area contributed by atoms with Gasteiger partial charge in [-0.25, -0.2) is 4.39 Å². The van der Waals surface area contributed by atoms with Crippen molar-refractivity contribution in [2.75, 3.05) is 19.0 Å². The summed E-state index contributed by atoms with van der Waals surface area (Å²) in [5.74, 6) is -1.02. The van der Waals surface area contributed by atoms with Crippen LogP contribution in [0.3, 0.4) is 0 Å². The molecule has 0 aliphatic rings. The number of carbonyl (C=O) groups excluding carboxylic acids is 1. The molecule has 2 N–H and O–H groups in total. The molecule has 1 amide bonds. The second-order valence-corrected chi connectivity index (χ2v) is 4.44. The average molecular weight is 289 g/mol. The minimum absolute atomic E-state index is 0.0676. The monoisotopic (exact) mass is 289 g/mol. The summed E-state index contributed by atoms with van der Waals surface area (Å²) < 4.78 is 18.8. The normalized spacial score (nSPS) is 10.2. The van der Waals surface area contributed by atoms with Gasteiger partial charge >= 0.3 is 0 Å². The highest BCUT2D eigenvalue weighted by atomic mass is 19.1. The molecule has 0 atom stereocenters. The fraction of sp³-hybridized carbons (Fsp3) is 0.188. The number of carbonyl (C=O) groups is 1. The third-order valence-electron chi connectivity index (χ3n) is 3.03. The highest BCUT2D eigenvalue weighted by Gasteiger charge is 2.17. The Hall–Kier alpha value is -2.40. The summed E-state index contributed by atoms with van der Waals surface area (Å²) in [4.78, 5) is 12.2. The van der Waals surface area contributed by atoms with Crippen LogP contribution in [0.5, 0.6) is 5.75 Å². The quantitative estimate of drug-likeness (QED) is 0.889. The number of halogens is 1. The van der Waals surface area contributed by atoms with E-state index in [-0.39, 0.29) is 17.9 Å². The summed E-state index contributed by atoms with van der Waals surface area (Å²) in [7, 11) is 1.38. The van der Waals surface area contributed by atoms with Crippen LogP contribution in [0, 0.1) is 5.82 Å². The first-order valence-corrected chi connectivity index (χ1v) is 6.49. The van der Waals surface area contributed by atoms with Crippen molar-refractivity contribution in [3.8, 4) is 5.75 Å². The van der Waals surface area contributed by atoms with Gasteiger partial charge in [-0.1, -0.05) is 18.2 Å². The molecular formula is C16H16FNO3. The van der Waals surface area contributed by atoms with Gasteiger partial charge in [0.1, 0.15) is 17.1 Å². The van der Waals surface area contributed by atoms with E-state index in [1.54, 1.807) is 24.3 Å². The zero-order valence-electron chi connectivity index (χ0n) is 11.6. The van der Waals surface area contributed by atoms with Crippen LogP contribution >= 0.6 is 0 Å². The Morgan fingerprint density at radius 2 is 1.95 bits per heavy atom. The van der Waals surface area contributed by atoms with E-state index in [0.717, 1.165) is 5.56 Å². The molecule has 0 spiro atoms. The second kappa shape index (κ2) is 6.85. The van der Waals surface area contributed by atoms with Crippen LogP contribution in [0.2, 0.25) is 0 Å². The topological polar surface area (TPSA) is 58.6 Å². The summed E-state index contributed by atoms with van der Waals surface area (Å²) in [5, 5.41) is 11.5. The highest BCUT2D eigenvalue weighted by Crippen LogP contribution is 2.22. The van der Waals surface area contributed by atoms with Crippen molar-refractivity contribution in [1.82, 2.24) is 0 Å². The van der Waals surface area contributed by atoms with Crippen molar-refractivity contribution in [2.45, 2.75) is 6.42 Å². The molecular weight excluding hydrogens is 273 g/mol.